The second-order valence-corrected chi connectivity index (χ2v) is 10.7. The van der Waals surface area contributed by atoms with Crippen LogP contribution in [0.4, 0.5) is 0 Å². The summed E-state index contributed by atoms with van der Waals surface area (Å²) in [7, 11) is 0. The van der Waals surface area contributed by atoms with Crippen LogP contribution in [-0.4, -0.2) is 28.3 Å². The molecule has 3 aromatic rings. The van der Waals surface area contributed by atoms with Crippen molar-refractivity contribution in [2.24, 2.45) is 0 Å². The predicted octanol–water partition coefficient (Wildman–Crippen LogP) is 6.39. The smallest absolute Gasteiger partial charge is 0.243 e. The fraction of sp³-hybridized carbons (Fsp3) is 0.355. The number of rotatable bonds is 10. The lowest BCUT2D eigenvalue weighted by Gasteiger charge is -2.34. The van der Waals surface area contributed by atoms with Gasteiger partial charge in [0.25, 0.3) is 0 Å². The lowest BCUT2D eigenvalue weighted by atomic mass is 9.99. The highest BCUT2D eigenvalue weighted by molar-refractivity contribution is 6.30. The minimum absolute atomic E-state index is 0.0560. The second kappa shape index (κ2) is 12.7. The van der Waals surface area contributed by atoms with Gasteiger partial charge in [0, 0.05) is 29.9 Å². The minimum atomic E-state index is -0.652. The Morgan fingerprint density at radius 3 is 2.11 bits per heavy atom. The van der Waals surface area contributed by atoms with E-state index in [2.05, 4.69) is 36.5 Å². The first-order chi connectivity index (χ1) is 17.1. The fourth-order valence-electron chi connectivity index (χ4n) is 4.18. The molecule has 4 nitrogen and oxygen atoms in total. The molecule has 5 heteroatoms. The summed E-state index contributed by atoms with van der Waals surface area (Å²) < 4.78 is 0. The number of hydrogen-bond acceptors (Lipinski definition) is 2. The van der Waals surface area contributed by atoms with Gasteiger partial charge < -0.3 is 10.2 Å². The average Bonchev–Trinajstić information content (AvgIpc) is 2.84. The quantitative estimate of drug-likeness (QED) is 0.348. The molecule has 0 aromatic heterocycles. The number of aryl methyl sites for hydroxylation is 2. The van der Waals surface area contributed by atoms with E-state index in [1.165, 1.54) is 5.56 Å². The van der Waals surface area contributed by atoms with Crippen LogP contribution in [0.3, 0.4) is 0 Å². The van der Waals surface area contributed by atoms with Crippen LogP contribution < -0.4 is 5.32 Å². The van der Waals surface area contributed by atoms with Gasteiger partial charge in [-0.15, -0.1) is 0 Å². The summed E-state index contributed by atoms with van der Waals surface area (Å²) in [6.45, 7) is 8.29. The molecule has 36 heavy (non-hydrogen) atoms. The Morgan fingerprint density at radius 2 is 1.50 bits per heavy atom. The number of benzene rings is 3. The van der Waals surface area contributed by atoms with Gasteiger partial charge in [-0.25, -0.2) is 0 Å². The lowest BCUT2D eigenvalue weighted by molar-refractivity contribution is -0.141. The van der Waals surface area contributed by atoms with Crippen molar-refractivity contribution in [3.8, 4) is 0 Å². The molecule has 0 heterocycles. The Kier molecular flexibility index (Phi) is 9.72. The maximum absolute atomic E-state index is 13.7. The Morgan fingerprint density at radius 1 is 0.861 bits per heavy atom. The van der Waals surface area contributed by atoms with Gasteiger partial charge in [0.2, 0.25) is 11.8 Å². The van der Waals surface area contributed by atoms with Gasteiger partial charge in [-0.1, -0.05) is 85.3 Å². The van der Waals surface area contributed by atoms with Crippen LogP contribution in [0.25, 0.3) is 0 Å². The number of amides is 2. The van der Waals surface area contributed by atoms with Gasteiger partial charge in [-0.05, 0) is 68.0 Å². The standard InChI is InChI=1S/C31H37ClN2O2/c1-5-23-14-16-24(17-15-23)18-19-29(35)34(22-26-12-9-13-27(32)20-26)28(30(36)33-31(2,3)4)21-25-10-7-6-8-11-25/h6-17,20,28H,5,18-19,21-22H2,1-4H3,(H,33,36). The van der Waals surface area contributed by atoms with E-state index in [9.17, 15) is 9.59 Å². The zero-order valence-corrected chi connectivity index (χ0v) is 22.5. The Hall–Kier alpha value is -3.11. The molecule has 1 unspecified atom stereocenters. The third kappa shape index (κ3) is 8.53. The molecule has 1 N–H and O–H groups in total. The first kappa shape index (κ1) is 27.5. The van der Waals surface area contributed by atoms with E-state index in [0.29, 0.717) is 30.8 Å². The molecule has 190 valence electrons. The van der Waals surface area contributed by atoms with Crippen LogP contribution in [0.5, 0.6) is 0 Å². The van der Waals surface area contributed by atoms with E-state index in [0.717, 1.165) is 23.1 Å². The number of nitrogens with zero attached hydrogens (tertiary/aromatic N) is 1. The highest BCUT2D eigenvalue weighted by Crippen LogP contribution is 2.20. The summed E-state index contributed by atoms with van der Waals surface area (Å²) in [5.41, 5.74) is 3.87. The Balaban J connectivity index is 1.91. The molecule has 3 aromatic carbocycles. The second-order valence-electron chi connectivity index (χ2n) is 10.3. The van der Waals surface area contributed by atoms with Gasteiger partial charge in [0.1, 0.15) is 6.04 Å². The van der Waals surface area contributed by atoms with Crippen molar-refractivity contribution >= 4 is 23.4 Å². The zero-order chi connectivity index (χ0) is 26.1. The molecule has 0 saturated carbocycles. The summed E-state index contributed by atoms with van der Waals surface area (Å²) in [5, 5.41) is 3.71. The topological polar surface area (TPSA) is 49.4 Å². The maximum Gasteiger partial charge on any atom is 0.243 e. The fourth-order valence-corrected chi connectivity index (χ4v) is 4.39. The van der Waals surface area contributed by atoms with Crippen molar-refractivity contribution in [1.82, 2.24) is 10.2 Å². The number of nitrogens with one attached hydrogen (secondary N) is 1. The summed E-state index contributed by atoms with van der Waals surface area (Å²) in [4.78, 5) is 29.0. The lowest BCUT2D eigenvalue weighted by Crippen LogP contribution is -2.54. The first-order valence-corrected chi connectivity index (χ1v) is 13.0. The van der Waals surface area contributed by atoms with E-state index in [-0.39, 0.29) is 11.8 Å². The number of carbonyl (C=O) groups is 2. The largest absolute Gasteiger partial charge is 0.350 e. The number of hydrogen-bond donors (Lipinski definition) is 1. The first-order valence-electron chi connectivity index (χ1n) is 12.6. The summed E-state index contributed by atoms with van der Waals surface area (Å²) in [6, 6.07) is 25.1. The van der Waals surface area contributed by atoms with Crippen LogP contribution in [0.15, 0.2) is 78.9 Å². The van der Waals surface area contributed by atoms with Gasteiger partial charge in [0.15, 0.2) is 0 Å². The monoisotopic (exact) mass is 504 g/mol. The SMILES string of the molecule is CCc1ccc(CCC(=O)N(Cc2cccc(Cl)c2)C(Cc2ccccc2)C(=O)NC(C)(C)C)cc1. The van der Waals surface area contributed by atoms with Crippen molar-refractivity contribution in [2.45, 2.75) is 71.5 Å². The van der Waals surface area contributed by atoms with Gasteiger partial charge in [-0.2, -0.15) is 0 Å². The van der Waals surface area contributed by atoms with E-state index >= 15 is 0 Å². The highest BCUT2D eigenvalue weighted by Gasteiger charge is 2.32. The molecule has 0 aliphatic heterocycles. The minimum Gasteiger partial charge on any atom is -0.350 e. The van der Waals surface area contributed by atoms with Crippen molar-refractivity contribution in [3.05, 3.63) is 106 Å². The molecule has 0 aliphatic carbocycles. The van der Waals surface area contributed by atoms with Crippen molar-refractivity contribution in [2.75, 3.05) is 0 Å². The summed E-state index contributed by atoms with van der Waals surface area (Å²) in [5.74, 6) is -0.214. The zero-order valence-electron chi connectivity index (χ0n) is 21.8. The van der Waals surface area contributed by atoms with Crippen molar-refractivity contribution in [3.63, 3.8) is 0 Å². The maximum atomic E-state index is 13.7. The van der Waals surface area contributed by atoms with Crippen LogP contribution in [0, 0.1) is 0 Å². The molecular weight excluding hydrogens is 468 g/mol. The molecule has 2 amide bonds. The average molecular weight is 505 g/mol. The van der Waals surface area contributed by atoms with E-state index < -0.39 is 11.6 Å². The summed E-state index contributed by atoms with van der Waals surface area (Å²) >= 11 is 6.25. The third-order valence-electron chi connectivity index (χ3n) is 6.07. The molecular formula is C31H37ClN2O2. The van der Waals surface area contributed by atoms with E-state index in [4.69, 9.17) is 11.6 Å². The van der Waals surface area contributed by atoms with E-state index in [1.807, 2.05) is 75.4 Å². The van der Waals surface area contributed by atoms with Crippen LogP contribution in [-0.2, 0) is 35.4 Å². The molecule has 0 radical (unpaired) electrons. The van der Waals surface area contributed by atoms with Crippen LogP contribution in [0.2, 0.25) is 5.02 Å². The van der Waals surface area contributed by atoms with Crippen molar-refractivity contribution < 1.29 is 9.59 Å². The molecule has 0 fully saturated rings. The van der Waals surface area contributed by atoms with E-state index in [1.54, 1.807) is 4.90 Å². The highest BCUT2D eigenvalue weighted by atomic mass is 35.5. The van der Waals surface area contributed by atoms with Crippen LogP contribution in [0.1, 0.15) is 56.4 Å². The third-order valence-corrected chi connectivity index (χ3v) is 6.31. The predicted molar refractivity (Wildman–Crippen MR) is 148 cm³/mol. The van der Waals surface area contributed by atoms with Gasteiger partial charge in [-0.3, -0.25) is 9.59 Å². The van der Waals surface area contributed by atoms with Gasteiger partial charge in [0.05, 0.1) is 0 Å². The molecule has 3 rings (SSSR count). The molecule has 0 bridgehead atoms. The summed E-state index contributed by atoms with van der Waals surface area (Å²) in [6.07, 6.45) is 2.35. The number of carbonyl (C=O) groups excluding carboxylic acids is 2. The molecule has 1 atom stereocenters. The van der Waals surface area contributed by atoms with Gasteiger partial charge >= 0.3 is 0 Å². The Labute approximate surface area is 220 Å². The van der Waals surface area contributed by atoms with Crippen molar-refractivity contribution in [1.29, 1.82) is 0 Å². The normalized spacial score (nSPS) is 12.1. The molecule has 0 saturated heterocycles. The molecule has 0 aliphatic rings. The van der Waals surface area contributed by atoms with Crippen LogP contribution >= 0.6 is 11.6 Å². The Bertz CT molecular complexity index is 1140. The number of halogens is 1. The molecule has 0 spiro atoms.